The Hall–Kier alpha value is -6.38. The Kier molecular flexibility index (Phi) is 11.9. The van der Waals surface area contributed by atoms with Crippen LogP contribution in [0.2, 0.25) is 0 Å². The Morgan fingerprint density at radius 2 is 1.51 bits per heavy atom. The van der Waals surface area contributed by atoms with Crippen LogP contribution in [0.1, 0.15) is 83.8 Å². The average Bonchev–Trinajstić information content (AvgIpc) is 4.01. The van der Waals surface area contributed by atoms with Crippen LogP contribution in [-0.4, -0.2) is 113 Å². The normalized spacial score (nSPS) is 20.6. The van der Waals surface area contributed by atoms with Gasteiger partial charge in [0.15, 0.2) is 5.79 Å². The number of carbonyl (C=O) groups is 4. The molecule has 1 aromatic carbocycles. The second-order valence-electron chi connectivity index (χ2n) is 15.6. The minimum absolute atomic E-state index is 0.0464. The monoisotopic (exact) mass is 840 g/mol. The second-order valence-corrected chi connectivity index (χ2v) is 15.6. The Morgan fingerprint density at radius 3 is 2.10 bits per heavy atom. The first-order valence-corrected chi connectivity index (χ1v) is 20.2. The number of imidazole rings is 1. The Labute approximate surface area is 351 Å². The molecule has 1 aliphatic carbocycles. The van der Waals surface area contributed by atoms with E-state index in [2.05, 4.69) is 20.8 Å². The van der Waals surface area contributed by atoms with Crippen LogP contribution in [0.15, 0.2) is 52.7 Å². The highest BCUT2D eigenvalue weighted by molar-refractivity contribution is 6.07. The maximum Gasteiger partial charge on any atom is 0.276 e. The van der Waals surface area contributed by atoms with Crippen LogP contribution in [0.25, 0.3) is 11.0 Å². The van der Waals surface area contributed by atoms with E-state index in [1.54, 1.807) is 59.0 Å². The number of nitrogens with two attached hydrogens (primary N) is 2. The summed E-state index contributed by atoms with van der Waals surface area (Å²) in [4.78, 5) is 64.3. The van der Waals surface area contributed by atoms with Gasteiger partial charge in [-0.1, -0.05) is 13.0 Å². The van der Waals surface area contributed by atoms with E-state index in [0.717, 1.165) is 0 Å². The number of fused-ring (bicyclic) bond motifs is 2. The summed E-state index contributed by atoms with van der Waals surface area (Å²) >= 11 is 0. The molecular weight excluding hydrogens is 789 g/mol. The van der Waals surface area contributed by atoms with Crippen molar-refractivity contribution in [3.8, 4) is 5.75 Å². The molecule has 4 aromatic rings. The Bertz CT molecular complexity index is 2490. The van der Waals surface area contributed by atoms with Crippen molar-refractivity contribution in [2.24, 2.45) is 22.4 Å². The standard InChI is InChI=1S/C41H52N12O8/c1-8-52-28(15-21(3)48-52)37(57)46-39-44-26-17-24(35(42)55)18-30(59-14-10-13-54)34(26)51(39)20-32-31(60-41(6,7)61-32)19-50-27-12-11-25(36(43)56)23(5)33(27)45-40(50)47-38(58)29-16-22(4)49-53(29)9-2/h11-12,15-18,23,31-33,54H,8-10,13-14,19-20H2,1-7H3,(H2,42,55)(H2,43,56)(H,44,46,57)(H,45,47,58)/t23?,31-,32-,33?/m1/s1. The molecule has 3 aliphatic rings. The van der Waals surface area contributed by atoms with Crippen LogP contribution < -0.4 is 26.8 Å². The van der Waals surface area contributed by atoms with Crippen LogP contribution >= 0.6 is 0 Å². The highest BCUT2D eigenvalue weighted by Gasteiger charge is 2.47. The van der Waals surface area contributed by atoms with Crippen LogP contribution in [0, 0.1) is 19.8 Å². The molecule has 20 nitrogen and oxygen atoms in total. The average molecular weight is 841 g/mol. The van der Waals surface area contributed by atoms with Crippen LogP contribution in [-0.2, 0) is 33.9 Å². The van der Waals surface area contributed by atoms with Crippen molar-refractivity contribution in [1.82, 2.24) is 39.3 Å². The van der Waals surface area contributed by atoms with Crippen LogP contribution in [0.3, 0.4) is 0 Å². The number of primary amides is 2. The van der Waals surface area contributed by atoms with E-state index in [9.17, 15) is 24.3 Å². The number of anilines is 1. The Morgan fingerprint density at radius 1 is 0.885 bits per heavy atom. The smallest absolute Gasteiger partial charge is 0.276 e. The number of amides is 4. The number of aryl methyl sites for hydroxylation is 4. The third kappa shape index (κ3) is 8.50. The van der Waals surface area contributed by atoms with Gasteiger partial charge in [0.25, 0.3) is 11.8 Å². The molecule has 0 bridgehead atoms. The van der Waals surface area contributed by atoms with Gasteiger partial charge in [-0.3, -0.25) is 39.2 Å². The number of carbonyl (C=O) groups excluding carboxylic acids is 4. The van der Waals surface area contributed by atoms with Gasteiger partial charge in [-0.15, -0.1) is 0 Å². The minimum atomic E-state index is -1.10. The lowest BCUT2D eigenvalue weighted by molar-refractivity contribution is -0.147. The molecule has 7 N–H and O–H groups in total. The topological polar surface area (TPSA) is 261 Å². The van der Waals surface area contributed by atoms with Crippen LogP contribution in [0.4, 0.5) is 5.95 Å². The number of nitrogens with zero attached hydrogens (tertiary/aromatic N) is 8. The highest BCUT2D eigenvalue weighted by Crippen LogP contribution is 2.39. The fourth-order valence-electron chi connectivity index (χ4n) is 8.05. The molecule has 2 unspecified atom stereocenters. The van der Waals surface area contributed by atoms with Gasteiger partial charge in [0.2, 0.25) is 23.7 Å². The molecule has 61 heavy (non-hydrogen) atoms. The molecule has 3 aromatic heterocycles. The van der Waals surface area contributed by atoms with Gasteiger partial charge in [0.05, 0.1) is 36.6 Å². The first kappa shape index (κ1) is 42.7. The van der Waals surface area contributed by atoms with E-state index in [0.29, 0.717) is 64.6 Å². The molecule has 2 aliphatic heterocycles. The number of guanidine groups is 1. The summed E-state index contributed by atoms with van der Waals surface area (Å²) in [5.41, 5.74) is 15.5. The lowest BCUT2D eigenvalue weighted by atomic mass is 9.86. The number of aliphatic imine (C=N–C) groups is 1. The molecule has 5 heterocycles. The summed E-state index contributed by atoms with van der Waals surface area (Å²) in [6.45, 7) is 13.9. The first-order chi connectivity index (χ1) is 29.0. The zero-order valence-corrected chi connectivity index (χ0v) is 35.3. The van der Waals surface area contributed by atoms with Crippen molar-refractivity contribution in [3.63, 3.8) is 0 Å². The van der Waals surface area contributed by atoms with Gasteiger partial charge in [-0.2, -0.15) is 10.2 Å². The lowest BCUT2D eigenvalue weighted by Gasteiger charge is -2.31. The van der Waals surface area contributed by atoms with Gasteiger partial charge >= 0.3 is 0 Å². The van der Waals surface area contributed by atoms with E-state index in [-0.39, 0.29) is 49.5 Å². The molecule has 0 saturated carbocycles. The second kappa shape index (κ2) is 16.9. The van der Waals surface area contributed by atoms with Crippen LogP contribution in [0.5, 0.6) is 5.75 Å². The third-order valence-electron chi connectivity index (χ3n) is 10.8. The zero-order chi connectivity index (χ0) is 43.9. The van der Waals surface area contributed by atoms with Crippen molar-refractivity contribution in [2.45, 2.75) is 98.6 Å². The number of aromatic nitrogens is 6. The highest BCUT2D eigenvalue weighted by atomic mass is 16.8. The summed E-state index contributed by atoms with van der Waals surface area (Å²) in [6.07, 6.45) is 2.32. The molecule has 1 fully saturated rings. The van der Waals surface area contributed by atoms with Gasteiger partial charge in [0, 0.05) is 48.9 Å². The van der Waals surface area contributed by atoms with Gasteiger partial charge in [-0.05, 0) is 71.9 Å². The number of ether oxygens (including phenoxy) is 3. The van der Waals surface area contributed by atoms with Crippen molar-refractivity contribution >= 4 is 46.6 Å². The van der Waals surface area contributed by atoms with Crippen molar-refractivity contribution in [1.29, 1.82) is 0 Å². The van der Waals surface area contributed by atoms with E-state index in [1.165, 1.54) is 12.1 Å². The minimum Gasteiger partial charge on any atom is -0.491 e. The number of aliphatic hydroxyl groups excluding tert-OH is 1. The number of aliphatic hydroxyl groups is 1. The molecule has 324 valence electrons. The van der Waals surface area contributed by atoms with E-state index >= 15 is 0 Å². The molecule has 4 amide bonds. The summed E-state index contributed by atoms with van der Waals surface area (Å²) < 4.78 is 24.2. The fourth-order valence-corrected chi connectivity index (χ4v) is 8.05. The van der Waals surface area contributed by atoms with Crippen molar-refractivity contribution < 1.29 is 38.5 Å². The largest absolute Gasteiger partial charge is 0.491 e. The molecule has 4 atom stereocenters. The zero-order valence-electron chi connectivity index (χ0n) is 35.3. The number of hydrogen-bond acceptors (Lipinski definition) is 13. The summed E-state index contributed by atoms with van der Waals surface area (Å²) in [7, 11) is 0. The number of nitrogens with one attached hydrogen (secondary N) is 2. The van der Waals surface area contributed by atoms with E-state index < -0.39 is 53.6 Å². The number of benzene rings is 1. The fraction of sp³-hybridized carbons (Fsp3) is 0.463. The third-order valence-corrected chi connectivity index (χ3v) is 10.8. The quantitative estimate of drug-likeness (QED) is 0.108. The number of allylic oxidation sites excluding steroid dienone is 2. The SMILES string of the molecule is CCn1nc(C)cc1C(=O)NC1=NC2C(=CC=C(C(N)=O)C2C)N1C[C@H]1OC(C)(C)O[C@@H]1Cn1c(NC(=O)c2cc(C)nn2CC)nc2cc(C(N)=O)cc(OCCCO)c21. The van der Waals surface area contributed by atoms with E-state index in [4.69, 9.17) is 35.7 Å². The van der Waals surface area contributed by atoms with Gasteiger partial charge in [0.1, 0.15) is 40.9 Å². The summed E-state index contributed by atoms with van der Waals surface area (Å²) in [5.74, 6) is -3.07. The molecule has 1 saturated heterocycles. The predicted octanol–water partition coefficient (Wildman–Crippen LogP) is 2.13. The van der Waals surface area contributed by atoms with E-state index in [1.807, 2.05) is 32.6 Å². The summed E-state index contributed by atoms with van der Waals surface area (Å²) in [6, 6.07) is 5.84. The van der Waals surface area contributed by atoms with Gasteiger partial charge in [-0.25, -0.2) is 9.98 Å². The number of rotatable bonds is 15. The van der Waals surface area contributed by atoms with Crippen molar-refractivity contribution in [3.05, 3.63) is 76.0 Å². The molecule has 0 spiro atoms. The van der Waals surface area contributed by atoms with Crippen molar-refractivity contribution in [2.75, 3.05) is 25.1 Å². The number of hydrogen-bond donors (Lipinski definition) is 5. The molecular formula is C41H52N12O8. The maximum absolute atomic E-state index is 13.9. The molecule has 20 heteroatoms. The molecule has 0 radical (unpaired) electrons. The molecule has 7 rings (SSSR count). The lowest BCUT2D eigenvalue weighted by Crippen LogP contribution is -2.47. The first-order valence-electron chi connectivity index (χ1n) is 20.2. The summed E-state index contributed by atoms with van der Waals surface area (Å²) in [5, 5.41) is 24.3. The van der Waals surface area contributed by atoms with Gasteiger partial charge < -0.3 is 40.3 Å². The predicted molar refractivity (Wildman–Crippen MR) is 222 cm³/mol. The Balaban J connectivity index is 1.29. The maximum atomic E-state index is 13.9.